The van der Waals surface area contributed by atoms with Crippen LogP contribution in [0.3, 0.4) is 0 Å². The molecule has 1 aromatic carbocycles. The Balaban J connectivity index is 1.59. The van der Waals surface area contributed by atoms with Gasteiger partial charge in [-0.15, -0.1) is 0 Å². The van der Waals surface area contributed by atoms with Gasteiger partial charge in [-0.1, -0.05) is 57.9 Å². The van der Waals surface area contributed by atoms with Crippen LogP contribution >= 0.6 is 0 Å². The number of unbranched alkanes of at least 4 members (excludes halogenated alkanes) is 7. The molecule has 1 aliphatic rings. The maximum atomic E-state index is 6.21. The Morgan fingerprint density at radius 1 is 0.933 bits per heavy atom. The van der Waals surface area contributed by atoms with Gasteiger partial charge in [-0.2, -0.15) is 0 Å². The molecule has 0 bridgehead atoms. The van der Waals surface area contributed by atoms with Crippen molar-refractivity contribution in [1.82, 2.24) is 4.98 Å². The van der Waals surface area contributed by atoms with Crippen molar-refractivity contribution in [1.29, 1.82) is 0 Å². The second-order valence-corrected chi connectivity index (χ2v) is 8.04. The van der Waals surface area contributed by atoms with Crippen molar-refractivity contribution in [2.45, 2.75) is 77.7 Å². The molecule has 3 rings (SSSR count). The minimum Gasteiger partial charge on any atom is -0.493 e. The minimum atomic E-state index is 0.443. The largest absolute Gasteiger partial charge is 0.493 e. The molecule has 0 unspecified atom stereocenters. The maximum absolute atomic E-state index is 6.21. The lowest BCUT2D eigenvalue weighted by Gasteiger charge is -2.22. The minimum absolute atomic E-state index is 0.443. The number of fused-ring (bicyclic) bond motifs is 1. The van der Waals surface area contributed by atoms with E-state index < -0.39 is 0 Å². The van der Waals surface area contributed by atoms with Gasteiger partial charge in [-0.3, -0.25) is 9.98 Å². The lowest BCUT2D eigenvalue weighted by atomic mass is 9.93. The Morgan fingerprint density at radius 3 is 2.47 bits per heavy atom. The van der Waals surface area contributed by atoms with E-state index in [2.05, 4.69) is 18.0 Å². The first-order valence-electron chi connectivity index (χ1n) is 11.6. The van der Waals surface area contributed by atoms with E-state index in [1.54, 1.807) is 13.3 Å². The normalized spacial score (nSPS) is 12.9. The fourth-order valence-corrected chi connectivity index (χ4v) is 4.10. The maximum Gasteiger partial charge on any atom is 0.165 e. The molecular formula is C26H36N2O2. The van der Waals surface area contributed by atoms with Gasteiger partial charge in [-0.05, 0) is 43.5 Å². The summed E-state index contributed by atoms with van der Waals surface area (Å²) in [5.41, 5.74) is 4.62. The average molecular weight is 409 g/mol. The van der Waals surface area contributed by atoms with Gasteiger partial charge in [0.15, 0.2) is 11.5 Å². The summed E-state index contributed by atoms with van der Waals surface area (Å²) < 4.78 is 11.8. The third-order valence-corrected chi connectivity index (χ3v) is 5.78. The van der Waals surface area contributed by atoms with Crippen LogP contribution in [-0.4, -0.2) is 24.4 Å². The summed E-state index contributed by atoms with van der Waals surface area (Å²) in [4.78, 5) is 9.22. The van der Waals surface area contributed by atoms with Gasteiger partial charge >= 0.3 is 0 Å². The summed E-state index contributed by atoms with van der Waals surface area (Å²) >= 11 is 0. The second-order valence-electron chi connectivity index (χ2n) is 8.04. The molecule has 1 aromatic heterocycles. The molecule has 1 aliphatic heterocycles. The standard InChI is InChI=1S/C26H36N2O2/c1-3-4-5-6-7-8-9-10-14-24-22-15-16-25(29-2)26(23(22)17-19-28-24)30-20-21-13-11-12-18-27-21/h11-13,15-16,18H,3-10,14,17,19-20H2,1-2H3. The molecule has 4 heteroatoms. The van der Waals surface area contributed by atoms with Crippen molar-refractivity contribution in [3.8, 4) is 11.5 Å². The topological polar surface area (TPSA) is 43.7 Å². The van der Waals surface area contributed by atoms with Crippen LogP contribution < -0.4 is 9.47 Å². The molecule has 2 aromatic rings. The SMILES string of the molecule is CCCCCCCCCCC1=NCCc2c1ccc(OC)c2OCc1ccccn1. The molecular weight excluding hydrogens is 372 g/mol. The van der Waals surface area contributed by atoms with E-state index >= 15 is 0 Å². The third kappa shape index (κ3) is 6.32. The van der Waals surface area contributed by atoms with Gasteiger partial charge in [-0.25, -0.2) is 0 Å². The molecule has 0 aliphatic carbocycles. The molecule has 0 spiro atoms. The smallest absolute Gasteiger partial charge is 0.165 e. The van der Waals surface area contributed by atoms with Crippen molar-refractivity contribution in [2.75, 3.05) is 13.7 Å². The van der Waals surface area contributed by atoms with Gasteiger partial charge in [0.05, 0.1) is 12.8 Å². The van der Waals surface area contributed by atoms with Gasteiger partial charge in [0, 0.05) is 29.6 Å². The zero-order valence-electron chi connectivity index (χ0n) is 18.7. The highest BCUT2D eigenvalue weighted by atomic mass is 16.5. The number of hydrogen-bond donors (Lipinski definition) is 0. The molecule has 0 N–H and O–H groups in total. The summed E-state index contributed by atoms with van der Waals surface area (Å²) in [5, 5.41) is 0. The average Bonchev–Trinajstić information content (AvgIpc) is 2.79. The van der Waals surface area contributed by atoms with Crippen LogP contribution in [0.4, 0.5) is 0 Å². The first-order valence-corrected chi connectivity index (χ1v) is 11.6. The van der Waals surface area contributed by atoms with Gasteiger partial charge in [0.2, 0.25) is 0 Å². The predicted octanol–water partition coefficient (Wildman–Crippen LogP) is 6.55. The van der Waals surface area contributed by atoms with Crippen LogP contribution in [0.2, 0.25) is 0 Å². The highest BCUT2D eigenvalue weighted by molar-refractivity contribution is 6.03. The Hall–Kier alpha value is -2.36. The van der Waals surface area contributed by atoms with Crippen LogP contribution in [-0.2, 0) is 13.0 Å². The number of hydrogen-bond acceptors (Lipinski definition) is 4. The van der Waals surface area contributed by atoms with Gasteiger partial charge in [0.25, 0.3) is 0 Å². The van der Waals surface area contributed by atoms with Crippen molar-refractivity contribution in [3.05, 3.63) is 53.3 Å². The number of benzene rings is 1. The summed E-state index contributed by atoms with van der Waals surface area (Å²) in [6.45, 7) is 3.54. The molecule has 162 valence electrons. The zero-order chi connectivity index (χ0) is 21.0. The van der Waals surface area contributed by atoms with Gasteiger partial charge in [0.1, 0.15) is 6.61 Å². The fraction of sp³-hybridized carbons (Fsp3) is 0.538. The number of pyridine rings is 1. The van der Waals surface area contributed by atoms with Crippen molar-refractivity contribution in [2.24, 2.45) is 4.99 Å². The van der Waals surface area contributed by atoms with E-state index in [-0.39, 0.29) is 0 Å². The number of ether oxygens (including phenoxy) is 2. The fourth-order valence-electron chi connectivity index (χ4n) is 4.10. The number of nitrogens with zero attached hydrogens (tertiary/aromatic N) is 2. The predicted molar refractivity (Wildman–Crippen MR) is 124 cm³/mol. The van der Waals surface area contributed by atoms with E-state index in [0.717, 1.165) is 36.6 Å². The summed E-state index contributed by atoms with van der Waals surface area (Å²) in [6, 6.07) is 10.1. The molecule has 2 heterocycles. The summed E-state index contributed by atoms with van der Waals surface area (Å²) in [5.74, 6) is 1.64. The molecule has 0 saturated carbocycles. The lowest BCUT2D eigenvalue weighted by Crippen LogP contribution is -2.15. The molecule has 0 radical (unpaired) electrons. The van der Waals surface area contributed by atoms with E-state index in [9.17, 15) is 0 Å². The third-order valence-electron chi connectivity index (χ3n) is 5.78. The first kappa shape index (κ1) is 22.3. The Bertz CT molecular complexity index is 802. The van der Waals surface area contributed by atoms with Crippen LogP contribution in [0, 0.1) is 0 Å². The van der Waals surface area contributed by atoms with E-state index in [4.69, 9.17) is 14.5 Å². The van der Waals surface area contributed by atoms with E-state index in [1.807, 2.05) is 24.3 Å². The number of rotatable bonds is 13. The van der Waals surface area contributed by atoms with Crippen LogP contribution in [0.25, 0.3) is 0 Å². The van der Waals surface area contributed by atoms with Crippen molar-refractivity contribution < 1.29 is 9.47 Å². The molecule has 0 saturated heterocycles. The molecule has 0 fully saturated rings. The Morgan fingerprint density at radius 2 is 1.73 bits per heavy atom. The van der Waals surface area contributed by atoms with E-state index in [0.29, 0.717) is 6.61 Å². The molecule has 0 amide bonds. The number of aliphatic imine (C=N–C) groups is 1. The van der Waals surface area contributed by atoms with Gasteiger partial charge < -0.3 is 9.47 Å². The molecule has 4 nitrogen and oxygen atoms in total. The highest BCUT2D eigenvalue weighted by Crippen LogP contribution is 2.37. The highest BCUT2D eigenvalue weighted by Gasteiger charge is 2.21. The lowest BCUT2D eigenvalue weighted by molar-refractivity contribution is 0.277. The molecule has 30 heavy (non-hydrogen) atoms. The van der Waals surface area contributed by atoms with Crippen molar-refractivity contribution >= 4 is 5.71 Å². The second kappa shape index (κ2) is 12.4. The van der Waals surface area contributed by atoms with Crippen LogP contribution in [0.5, 0.6) is 11.5 Å². The first-order chi connectivity index (χ1) is 14.8. The monoisotopic (exact) mass is 408 g/mol. The Kier molecular flexibility index (Phi) is 9.20. The Labute approximate surface area is 181 Å². The number of aromatic nitrogens is 1. The summed E-state index contributed by atoms with van der Waals surface area (Å²) in [6.07, 6.45) is 14.4. The number of methoxy groups -OCH3 is 1. The van der Waals surface area contributed by atoms with Crippen LogP contribution in [0.1, 0.15) is 81.5 Å². The van der Waals surface area contributed by atoms with Crippen LogP contribution in [0.15, 0.2) is 41.5 Å². The van der Waals surface area contributed by atoms with E-state index in [1.165, 1.54) is 68.2 Å². The quantitative estimate of drug-likeness (QED) is 0.353. The van der Waals surface area contributed by atoms with Crippen molar-refractivity contribution in [3.63, 3.8) is 0 Å². The zero-order valence-corrected chi connectivity index (χ0v) is 18.7. The summed E-state index contributed by atoms with van der Waals surface area (Å²) in [7, 11) is 1.70. The molecule has 0 atom stereocenters.